The number of imidazole rings is 1. The second-order valence-electron chi connectivity index (χ2n) is 5.68. The highest BCUT2D eigenvalue weighted by molar-refractivity contribution is 14.1. The largest absolute Gasteiger partial charge is 0.466 e. The van der Waals surface area contributed by atoms with Gasteiger partial charge in [0.1, 0.15) is 15.2 Å². The highest BCUT2D eigenvalue weighted by Gasteiger charge is 2.45. The van der Waals surface area contributed by atoms with Crippen molar-refractivity contribution in [3.63, 3.8) is 0 Å². The average molecular weight is 410 g/mol. The molecule has 116 valence electrons. The van der Waals surface area contributed by atoms with E-state index in [1.165, 1.54) is 5.56 Å². The molecule has 0 amide bonds. The normalized spacial score (nSPS) is 20.0. The number of ether oxygens (including phenoxy) is 1. The Balaban J connectivity index is 1.77. The van der Waals surface area contributed by atoms with Crippen LogP contribution in [0.4, 0.5) is 0 Å². The van der Waals surface area contributed by atoms with Crippen LogP contribution in [0.3, 0.4) is 0 Å². The number of benzene rings is 1. The lowest BCUT2D eigenvalue weighted by Crippen LogP contribution is -2.07. The summed E-state index contributed by atoms with van der Waals surface area (Å²) in [4.78, 5) is 16.3. The standard InChI is InChI=1S/C17H19IN2O2/c1-4-22-17(21)14-9-13(14)11-5-7-12(8-6-11)15-16(18)20(3)10(2)19-15/h5-8,13-14H,4,9H2,1-3H3/t13-,14+/m0/s1. The van der Waals surface area contributed by atoms with Gasteiger partial charge < -0.3 is 9.30 Å². The summed E-state index contributed by atoms with van der Waals surface area (Å²) in [7, 11) is 2.02. The van der Waals surface area contributed by atoms with Crippen molar-refractivity contribution in [1.29, 1.82) is 0 Å². The van der Waals surface area contributed by atoms with Gasteiger partial charge in [0, 0.05) is 12.6 Å². The van der Waals surface area contributed by atoms with Crippen LogP contribution in [0.5, 0.6) is 0 Å². The molecule has 4 nitrogen and oxygen atoms in total. The maximum absolute atomic E-state index is 11.7. The van der Waals surface area contributed by atoms with E-state index < -0.39 is 0 Å². The second kappa shape index (κ2) is 6.02. The molecule has 1 aromatic carbocycles. The van der Waals surface area contributed by atoms with Gasteiger partial charge in [-0.15, -0.1) is 0 Å². The van der Waals surface area contributed by atoms with E-state index in [0.29, 0.717) is 12.5 Å². The third-order valence-corrected chi connectivity index (χ3v) is 5.48. The van der Waals surface area contributed by atoms with E-state index in [0.717, 1.165) is 27.2 Å². The van der Waals surface area contributed by atoms with Crippen molar-refractivity contribution in [2.75, 3.05) is 6.61 Å². The fourth-order valence-corrected chi connectivity index (χ4v) is 3.51. The van der Waals surface area contributed by atoms with Crippen LogP contribution in [0.2, 0.25) is 0 Å². The first kappa shape index (κ1) is 15.5. The van der Waals surface area contributed by atoms with E-state index in [-0.39, 0.29) is 11.9 Å². The monoisotopic (exact) mass is 410 g/mol. The molecule has 3 rings (SSSR count). The summed E-state index contributed by atoms with van der Waals surface area (Å²) in [5, 5.41) is 0. The van der Waals surface area contributed by atoms with Crippen molar-refractivity contribution in [3.05, 3.63) is 39.4 Å². The van der Waals surface area contributed by atoms with Gasteiger partial charge in [0.25, 0.3) is 0 Å². The molecule has 1 aliphatic carbocycles. The third-order valence-electron chi connectivity index (χ3n) is 4.24. The van der Waals surface area contributed by atoms with Crippen molar-refractivity contribution in [2.24, 2.45) is 13.0 Å². The predicted molar refractivity (Wildman–Crippen MR) is 93.6 cm³/mol. The molecule has 0 N–H and O–H groups in total. The molecule has 1 aliphatic rings. The lowest BCUT2D eigenvalue weighted by atomic mass is 10.1. The Labute approximate surface area is 144 Å². The molecule has 0 unspecified atom stereocenters. The molecule has 0 aliphatic heterocycles. The molecular weight excluding hydrogens is 391 g/mol. The Morgan fingerprint density at radius 2 is 2.09 bits per heavy atom. The lowest BCUT2D eigenvalue weighted by molar-refractivity contribution is -0.144. The average Bonchev–Trinajstić information content (AvgIpc) is 3.27. The summed E-state index contributed by atoms with van der Waals surface area (Å²) < 4.78 is 8.31. The van der Waals surface area contributed by atoms with Crippen LogP contribution in [0.15, 0.2) is 24.3 Å². The lowest BCUT2D eigenvalue weighted by Gasteiger charge is -2.04. The number of carbonyl (C=O) groups excluding carboxylic acids is 1. The third kappa shape index (κ3) is 2.78. The Morgan fingerprint density at radius 1 is 1.41 bits per heavy atom. The molecule has 2 atom stereocenters. The van der Waals surface area contributed by atoms with Crippen molar-refractivity contribution in [2.45, 2.75) is 26.2 Å². The maximum atomic E-state index is 11.7. The van der Waals surface area contributed by atoms with E-state index in [9.17, 15) is 4.79 Å². The Kier molecular flexibility index (Phi) is 4.25. The highest BCUT2D eigenvalue weighted by atomic mass is 127. The van der Waals surface area contributed by atoms with Gasteiger partial charge in [-0.1, -0.05) is 24.3 Å². The molecule has 0 radical (unpaired) electrons. The molecule has 1 saturated carbocycles. The van der Waals surface area contributed by atoms with Crippen molar-refractivity contribution >= 4 is 28.6 Å². The number of aromatic nitrogens is 2. The minimum atomic E-state index is -0.0634. The Hall–Kier alpha value is -1.37. The molecule has 2 aromatic rings. The zero-order valence-corrected chi connectivity index (χ0v) is 15.1. The topological polar surface area (TPSA) is 44.1 Å². The first-order valence-electron chi connectivity index (χ1n) is 7.48. The number of rotatable bonds is 4. The van der Waals surface area contributed by atoms with Crippen LogP contribution in [0, 0.1) is 16.5 Å². The van der Waals surface area contributed by atoms with Crippen LogP contribution in [-0.4, -0.2) is 22.1 Å². The smallest absolute Gasteiger partial charge is 0.309 e. The van der Waals surface area contributed by atoms with E-state index in [1.54, 1.807) is 0 Å². The first-order chi connectivity index (χ1) is 10.5. The van der Waals surface area contributed by atoms with Gasteiger partial charge in [0.2, 0.25) is 0 Å². The number of hydrogen-bond acceptors (Lipinski definition) is 3. The van der Waals surface area contributed by atoms with Crippen LogP contribution in [-0.2, 0) is 16.6 Å². The molecule has 1 fully saturated rings. The molecule has 1 aromatic heterocycles. The predicted octanol–water partition coefficient (Wildman–Crippen LogP) is 3.67. The summed E-state index contributed by atoms with van der Waals surface area (Å²) in [6.07, 6.45) is 0.901. The number of halogens is 1. The second-order valence-corrected chi connectivity index (χ2v) is 6.70. The molecule has 0 spiro atoms. The SMILES string of the molecule is CCOC(=O)[C@@H]1C[C@H]1c1ccc(-c2nc(C)n(C)c2I)cc1. The highest BCUT2D eigenvalue weighted by Crippen LogP contribution is 2.48. The van der Waals surface area contributed by atoms with E-state index in [4.69, 9.17) is 4.74 Å². The summed E-state index contributed by atoms with van der Waals surface area (Å²) >= 11 is 2.32. The van der Waals surface area contributed by atoms with Gasteiger partial charge in [-0.2, -0.15) is 0 Å². The van der Waals surface area contributed by atoms with Gasteiger partial charge in [0.05, 0.1) is 12.5 Å². The fourth-order valence-electron chi connectivity index (χ4n) is 2.73. The first-order valence-corrected chi connectivity index (χ1v) is 8.56. The summed E-state index contributed by atoms with van der Waals surface area (Å²) in [6.45, 7) is 4.31. The van der Waals surface area contributed by atoms with Gasteiger partial charge >= 0.3 is 5.97 Å². The summed E-state index contributed by atoms with van der Waals surface area (Å²) in [5.41, 5.74) is 3.35. The van der Waals surface area contributed by atoms with Crippen LogP contribution in [0.25, 0.3) is 11.3 Å². The molecule has 5 heteroatoms. The van der Waals surface area contributed by atoms with Crippen molar-refractivity contribution < 1.29 is 9.53 Å². The van der Waals surface area contributed by atoms with Gasteiger partial charge in [-0.3, -0.25) is 4.79 Å². The maximum Gasteiger partial charge on any atom is 0.309 e. The van der Waals surface area contributed by atoms with E-state index in [1.807, 2.05) is 20.9 Å². The number of aryl methyl sites for hydroxylation is 1. The van der Waals surface area contributed by atoms with Crippen molar-refractivity contribution in [3.8, 4) is 11.3 Å². The zero-order valence-electron chi connectivity index (χ0n) is 13.0. The van der Waals surface area contributed by atoms with Gasteiger partial charge in [-0.05, 0) is 54.3 Å². The Morgan fingerprint density at radius 3 is 2.64 bits per heavy atom. The quantitative estimate of drug-likeness (QED) is 0.571. The summed E-state index contributed by atoms with van der Waals surface area (Å²) in [6, 6.07) is 8.41. The number of hydrogen-bond donors (Lipinski definition) is 0. The zero-order chi connectivity index (χ0) is 15.9. The fraction of sp³-hybridized carbons (Fsp3) is 0.412. The number of esters is 1. The number of nitrogens with zero attached hydrogens (tertiary/aromatic N) is 2. The van der Waals surface area contributed by atoms with Crippen LogP contribution >= 0.6 is 22.6 Å². The Bertz CT molecular complexity index is 706. The molecule has 0 saturated heterocycles. The van der Waals surface area contributed by atoms with Crippen molar-refractivity contribution in [1.82, 2.24) is 9.55 Å². The van der Waals surface area contributed by atoms with E-state index >= 15 is 0 Å². The van der Waals surface area contributed by atoms with Crippen LogP contribution < -0.4 is 0 Å². The molecule has 22 heavy (non-hydrogen) atoms. The minimum absolute atomic E-state index is 0.0445. The number of carbonyl (C=O) groups is 1. The van der Waals surface area contributed by atoms with Gasteiger partial charge in [0.15, 0.2) is 0 Å². The van der Waals surface area contributed by atoms with Gasteiger partial charge in [-0.25, -0.2) is 4.98 Å². The minimum Gasteiger partial charge on any atom is -0.466 e. The molecule has 0 bridgehead atoms. The summed E-state index contributed by atoms with van der Waals surface area (Å²) in [5.74, 6) is 1.31. The molecule has 1 heterocycles. The van der Waals surface area contributed by atoms with E-state index in [2.05, 4.69) is 56.4 Å². The molecular formula is C17H19IN2O2. The van der Waals surface area contributed by atoms with Crippen LogP contribution in [0.1, 0.15) is 30.7 Å².